The average Bonchev–Trinajstić information content (AvgIpc) is 3.11. The molecule has 26 heavy (non-hydrogen) atoms. The fraction of sp³-hybridized carbons (Fsp3) is 0.300. The molecule has 0 bridgehead atoms. The lowest BCUT2D eigenvalue weighted by atomic mass is 10.0. The fourth-order valence-electron chi connectivity index (χ4n) is 2.55. The first-order valence-corrected chi connectivity index (χ1v) is 8.64. The van der Waals surface area contributed by atoms with Crippen molar-refractivity contribution in [3.8, 4) is 0 Å². The van der Waals surface area contributed by atoms with Gasteiger partial charge < -0.3 is 16.0 Å². The van der Waals surface area contributed by atoms with Crippen LogP contribution in [0.4, 0.5) is 11.4 Å². The summed E-state index contributed by atoms with van der Waals surface area (Å²) in [4.78, 5) is 16.0. The lowest BCUT2D eigenvalue weighted by Gasteiger charge is -2.09. The summed E-state index contributed by atoms with van der Waals surface area (Å²) < 4.78 is 0. The summed E-state index contributed by atoms with van der Waals surface area (Å²) >= 11 is 0. The summed E-state index contributed by atoms with van der Waals surface area (Å²) in [5, 5.41) is 9.37. The van der Waals surface area contributed by atoms with E-state index in [9.17, 15) is 4.79 Å². The summed E-state index contributed by atoms with van der Waals surface area (Å²) in [5.74, 6) is 0.862. The van der Waals surface area contributed by atoms with Crippen molar-refractivity contribution < 1.29 is 4.79 Å². The Balaban J connectivity index is 0.00000243. The zero-order chi connectivity index (χ0) is 17.6. The molecule has 3 rings (SSSR count). The Morgan fingerprint density at radius 1 is 1.04 bits per heavy atom. The largest absolute Gasteiger partial charge is 0.354 e. The Morgan fingerprint density at radius 2 is 1.62 bits per heavy atom. The molecule has 0 saturated heterocycles. The van der Waals surface area contributed by atoms with Crippen molar-refractivity contribution in [2.75, 3.05) is 23.7 Å². The van der Waals surface area contributed by atoms with Gasteiger partial charge in [0, 0.05) is 23.8 Å². The van der Waals surface area contributed by atoms with E-state index in [1.807, 2.05) is 26.0 Å². The van der Waals surface area contributed by atoms with Gasteiger partial charge in [-0.25, -0.2) is 0 Å². The van der Waals surface area contributed by atoms with Gasteiger partial charge in [0.25, 0.3) is 0 Å². The van der Waals surface area contributed by atoms with E-state index in [-0.39, 0.29) is 24.2 Å². The van der Waals surface area contributed by atoms with E-state index in [0.717, 1.165) is 36.8 Å². The van der Waals surface area contributed by atoms with Crippen molar-refractivity contribution in [2.45, 2.75) is 20.3 Å². The van der Waals surface area contributed by atoms with Gasteiger partial charge >= 0.3 is 0 Å². The average molecular weight is 373 g/mol. The number of guanidine groups is 1. The van der Waals surface area contributed by atoms with Gasteiger partial charge in [-0.2, -0.15) is 0 Å². The van der Waals surface area contributed by atoms with Crippen LogP contribution in [0.5, 0.6) is 0 Å². The van der Waals surface area contributed by atoms with Gasteiger partial charge in [-0.3, -0.25) is 9.79 Å². The number of carbonyl (C=O) groups excluding carboxylic acids is 1. The van der Waals surface area contributed by atoms with E-state index in [1.165, 1.54) is 11.1 Å². The number of rotatable bonds is 5. The molecule has 138 valence electrons. The lowest BCUT2D eigenvalue weighted by Crippen LogP contribution is -2.26. The van der Waals surface area contributed by atoms with Crippen molar-refractivity contribution in [1.29, 1.82) is 0 Å². The molecular weight excluding hydrogens is 348 g/mol. The molecule has 6 heteroatoms. The zero-order valence-corrected chi connectivity index (χ0v) is 15.9. The molecule has 1 heterocycles. The van der Waals surface area contributed by atoms with Gasteiger partial charge in [-0.1, -0.05) is 38.1 Å². The molecule has 0 aromatic heterocycles. The van der Waals surface area contributed by atoms with Gasteiger partial charge in [0.1, 0.15) is 0 Å². The van der Waals surface area contributed by atoms with Gasteiger partial charge in [-0.15, -0.1) is 12.4 Å². The Hall–Kier alpha value is -2.53. The molecule has 0 fully saturated rings. The van der Waals surface area contributed by atoms with Crippen molar-refractivity contribution >= 4 is 35.6 Å². The lowest BCUT2D eigenvalue weighted by molar-refractivity contribution is -0.118. The molecule has 1 aliphatic heterocycles. The molecular formula is C20H25ClN4O. The van der Waals surface area contributed by atoms with Crippen LogP contribution >= 0.6 is 12.4 Å². The first-order chi connectivity index (χ1) is 12.1. The molecule has 0 unspecified atom stereocenters. The predicted molar refractivity (Wildman–Crippen MR) is 110 cm³/mol. The van der Waals surface area contributed by atoms with Crippen molar-refractivity contribution in [1.82, 2.24) is 5.32 Å². The van der Waals surface area contributed by atoms with Crippen LogP contribution in [0.15, 0.2) is 53.5 Å². The van der Waals surface area contributed by atoms with Gasteiger partial charge in [0.05, 0.1) is 6.54 Å². The monoisotopic (exact) mass is 372 g/mol. The minimum absolute atomic E-state index is 0. The minimum atomic E-state index is -0.0165. The van der Waals surface area contributed by atoms with E-state index < -0.39 is 0 Å². The number of carbonyl (C=O) groups is 1. The molecule has 3 N–H and O–H groups in total. The van der Waals surface area contributed by atoms with Gasteiger partial charge in [0.15, 0.2) is 5.96 Å². The quantitative estimate of drug-likeness (QED) is 0.750. The summed E-state index contributed by atoms with van der Waals surface area (Å²) in [6.45, 7) is 5.50. The third kappa shape index (κ3) is 5.49. The standard InChI is InChI=1S/C20H24N4O.ClH/c1-14(2)19(25)23-17-7-3-15(4-8-17)13-16-5-9-18(10-6-16)24-20-21-11-12-22-20;/h3-10,14H,11-13H2,1-2H3,(H,23,25)(H2,21,22,24);1H. The molecule has 1 amide bonds. The van der Waals surface area contributed by atoms with Crippen LogP contribution in [0.2, 0.25) is 0 Å². The molecule has 0 aliphatic carbocycles. The van der Waals surface area contributed by atoms with Crippen molar-refractivity contribution in [2.24, 2.45) is 10.9 Å². The highest BCUT2D eigenvalue weighted by Crippen LogP contribution is 2.16. The molecule has 5 nitrogen and oxygen atoms in total. The molecule has 0 saturated carbocycles. The predicted octanol–water partition coefficient (Wildman–Crippen LogP) is 3.66. The Morgan fingerprint density at radius 3 is 2.12 bits per heavy atom. The topological polar surface area (TPSA) is 65.5 Å². The summed E-state index contributed by atoms with van der Waals surface area (Å²) in [5.41, 5.74) is 4.33. The number of anilines is 2. The molecule has 0 spiro atoms. The highest BCUT2D eigenvalue weighted by atomic mass is 35.5. The Labute approximate surface area is 160 Å². The molecule has 2 aromatic rings. The van der Waals surface area contributed by atoms with Crippen LogP contribution in [-0.2, 0) is 11.2 Å². The van der Waals surface area contributed by atoms with E-state index in [4.69, 9.17) is 0 Å². The maximum Gasteiger partial charge on any atom is 0.226 e. The van der Waals surface area contributed by atoms with Crippen LogP contribution < -0.4 is 16.0 Å². The second kappa shape index (κ2) is 9.25. The Kier molecular flexibility index (Phi) is 7.04. The maximum absolute atomic E-state index is 11.7. The molecule has 1 aliphatic rings. The second-order valence-electron chi connectivity index (χ2n) is 6.50. The molecule has 0 atom stereocenters. The maximum atomic E-state index is 11.7. The van der Waals surface area contributed by atoms with Crippen LogP contribution in [0.25, 0.3) is 0 Å². The normalized spacial score (nSPS) is 12.8. The highest BCUT2D eigenvalue weighted by molar-refractivity contribution is 5.94. The Bertz CT molecular complexity index is 754. The number of aliphatic imine (C=N–C) groups is 1. The molecule has 2 aromatic carbocycles. The highest BCUT2D eigenvalue weighted by Gasteiger charge is 2.07. The second-order valence-corrected chi connectivity index (χ2v) is 6.50. The van der Waals surface area contributed by atoms with Gasteiger partial charge in [-0.05, 0) is 41.8 Å². The number of benzene rings is 2. The third-order valence-electron chi connectivity index (χ3n) is 4.04. The number of amides is 1. The van der Waals surface area contributed by atoms with E-state index in [0.29, 0.717) is 0 Å². The summed E-state index contributed by atoms with van der Waals surface area (Å²) in [6, 6.07) is 16.4. The van der Waals surface area contributed by atoms with E-state index in [1.54, 1.807) is 0 Å². The number of halogens is 1. The fourth-order valence-corrected chi connectivity index (χ4v) is 2.55. The van der Waals surface area contributed by atoms with Gasteiger partial charge in [0.2, 0.25) is 5.91 Å². The smallest absolute Gasteiger partial charge is 0.226 e. The summed E-state index contributed by atoms with van der Waals surface area (Å²) in [7, 11) is 0. The number of hydrogen-bond donors (Lipinski definition) is 3. The van der Waals surface area contributed by atoms with Crippen LogP contribution in [0.1, 0.15) is 25.0 Å². The third-order valence-corrected chi connectivity index (χ3v) is 4.04. The SMILES string of the molecule is CC(C)C(=O)Nc1ccc(Cc2ccc(NC3=NCCN3)cc2)cc1.Cl. The van der Waals surface area contributed by atoms with Crippen LogP contribution in [0.3, 0.4) is 0 Å². The molecule has 0 radical (unpaired) electrons. The first kappa shape index (κ1) is 19.8. The zero-order valence-electron chi connectivity index (χ0n) is 15.1. The van der Waals surface area contributed by atoms with E-state index >= 15 is 0 Å². The van der Waals surface area contributed by atoms with Crippen LogP contribution in [-0.4, -0.2) is 25.0 Å². The van der Waals surface area contributed by atoms with Crippen molar-refractivity contribution in [3.63, 3.8) is 0 Å². The first-order valence-electron chi connectivity index (χ1n) is 8.64. The number of hydrogen-bond acceptors (Lipinski definition) is 4. The van der Waals surface area contributed by atoms with Crippen LogP contribution in [0, 0.1) is 5.92 Å². The number of nitrogens with one attached hydrogen (secondary N) is 3. The van der Waals surface area contributed by atoms with E-state index in [2.05, 4.69) is 57.3 Å². The number of nitrogens with zero attached hydrogens (tertiary/aromatic N) is 1. The summed E-state index contributed by atoms with van der Waals surface area (Å²) in [6.07, 6.45) is 0.859. The minimum Gasteiger partial charge on any atom is -0.354 e. The van der Waals surface area contributed by atoms with Crippen molar-refractivity contribution in [3.05, 3.63) is 59.7 Å².